The summed E-state index contributed by atoms with van der Waals surface area (Å²) >= 11 is 0. The molecule has 138 valence electrons. The van der Waals surface area contributed by atoms with Gasteiger partial charge >= 0.3 is 0 Å². The Morgan fingerprint density at radius 2 is 2.12 bits per heavy atom. The van der Waals surface area contributed by atoms with Crippen LogP contribution in [0.25, 0.3) is 0 Å². The first-order valence-corrected chi connectivity index (χ1v) is 9.02. The van der Waals surface area contributed by atoms with Crippen molar-refractivity contribution in [2.45, 2.75) is 38.3 Å². The summed E-state index contributed by atoms with van der Waals surface area (Å²) in [5.74, 6) is 0.00633. The summed E-state index contributed by atoms with van der Waals surface area (Å²) in [4.78, 5) is 28.7. The molecule has 0 aromatic heterocycles. The van der Waals surface area contributed by atoms with Crippen LogP contribution in [0.5, 0.6) is 0 Å². The van der Waals surface area contributed by atoms with Crippen molar-refractivity contribution < 1.29 is 9.59 Å². The molecular formula is C19H30N4O2. The van der Waals surface area contributed by atoms with Crippen LogP contribution in [0.15, 0.2) is 24.3 Å². The highest BCUT2D eigenvalue weighted by atomic mass is 16.2. The number of rotatable bonds is 7. The average Bonchev–Trinajstić information content (AvgIpc) is 2.59. The smallest absolute Gasteiger partial charge is 0.254 e. The minimum absolute atomic E-state index is 0.0477. The zero-order valence-electron chi connectivity index (χ0n) is 15.3. The topological polar surface area (TPSA) is 78.7 Å². The summed E-state index contributed by atoms with van der Waals surface area (Å²) in [6.45, 7) is 2.40. The second kappa shape index (κ2) is 9.53. The van der Waals surface area contributed by atoms with Gasteiger partial charge in [0.15, 0.2) is 0 Å². The number of likely N-dealkylation sites (tertiary alicyclic amines) is 1. The van der Waals surface area contributed by atoms with Gasteiger partial charge in [0.05, 0.1) is 0 Å². The zero-order chi connectivity index (χ0) is 18.2. The number of carbonyl (C=O) groups excluding carboxylic acids is 2. The van der Waals surface area contributed by atoms with E-state index in [0.717, 1.165) is 43.5 Å². The SMILES string of the molecule is CN(C)Cc1cccc(C(=O)N2CCCCC2CNC(=O)CCN)c1. The van der Waals surface area contributed by atoms with Gasteiger partial charge in [-0.1, -0.05) is 12.1 Å². The van der Waals surface area contributed by atoms with Crippen LogP contribution in [0.3, 0.4) is 0 Å². The Hall–Kier alpha value is -1.92. The van der Waals surface area contributed by atoms with E-state index < -0.39 is 0 Å². The quantitative estimate of drug-likeness (QED) is 0.778. The standard InChI is InChI=1S/C19H30N4O2/c1-22(2)14-15-6-5-7-16(12-15)19(25)23-11-4-3-8-17(23)13-21-18(24)9-10-20/h5-7,12,17H,3-4,8-11,13-14,20H2,1-2H3,(H,21,24). The predicted molar refractivity (Wildman–Crippen MR) is 99.2 cm³/mol. The van der Waals surface area contributed by atoms with Crippen LogP contribution < -0.4 is 11.1 Å². The maximum Gasteiger partial charge on any atom is 0.254 e. The van der Waals surface area contributed by atoms with Crippen molar-refractivity contribution in [2.75, 3.05) is 33.7 Å². The van der Waals surface area contributed by atoms with Crippen molar-refractivity contribution in [1.82, 2.24) is 15.1 Å². The number of amides is 2. The molecule has 1 aromatic carbocycles. The fourth-order valence-corrected chi connectivity index (χ4v) is 3.26. The summed E-state index contributed by atoms with van der Waals surface area (Å²) in [7, 11) is 4.03. The molecule has 25 heavy (non-hydrogen) atoms. The molecule has 1 atom stereocenters. The second-order valence-corrected chi connectivity index (χ2v) is 6.93. The molecule has 1 aliphatic heterocycles. The largest absolute Gasteiger partial charge is 0.354 e. The molecule has 0 radical (unpaired) electrons. The molecule has 0 aliphatic carbocycles. The Labute approximate surface area is 150 Å². The molecule has 1 aromatic rings. The Bertz CT molecular complexity index is 589. The van der Waals surface area contributed by atoms with Gasteiger partial charge in [-0.2, -0.15) is 0 Å². The van der Waals surface area contributed by atoms with Crippen LogP contribution in [0.1, 0.15) is 41.6 Å². The van der Waals surface area contributed by atoms with Crippen LogP contribution >= 0.6 is 0 Å². The highest BCUT2D eigenvalue weighted by molar-refractivity contribution is 5.94. The van der Waals surface area contributed by atoms with Crippen LogP contribution in [0, 0.1) is 0 Å². The Balaban J connectivity index is 2.05. The number of piperidine rings is 1. The first kappa shape index (κ1) is 19.4. The molecule has 1 unspecified atom stereocenters. The van der Waals surface area contributed by atoms with E-state index in [1.807, 2.05) is 43.3 Å². The molecule has 2 rings (SSSR count). The van der Waals surface area contributed by atoms with Gasteiger partial charge in [0, 0.05) is 44.2 Å². The summed E-state index contributed by atoms with van der Waals surface area (Å²) in [5.41, 5.74) is 7.26. The Morgan fingerprint density at radius 3 is 2.84 bits per heavy atom. The number of carbonyl (C=O) groups is 2. The Morgan fingerprint density at radius 1 is 1.32 bits per heavy atom. The first-order valence-electron chi connectivity index (χ1n) is 9.02. The lowest BCUT2D eigenvalue weighted by Crippen LogP contribution is -2.49. The van der Waals surface area contributed by atoms with Gasteiger partial charge in [-0.15, -0.1) is 0 Å². The van der Waals surface area contributed by atoms with Crippen molar-refractivity contribution in [1.29, 1.82) is 0 Å². The Kier molecular flexibility index (Phi) is 7.40. The van der Waals surface area contributed by atoms with E-state index in [1.54, 1.807) is 0 Å². The molecule has 1 aliphatic rings. The van der Waals surface area contributed by atoms with Crippen LogP contribution in [-0.4, -0.2) is 61.4 Å². The van der Waals surface area contributed by atoms with Gasteiger partial charge in [0.25, 0.3) is 5.91 Å². The fraction of sp³-hybridized carbons (Fsp3) is 0.579. The molecule has 0 saturated carbocycles. The highest BCUT2D eigenvalue weighted by Gasteiger charge is 2.27. The van der Waals surface area contributed by atoms with Crippen LogP contribution in [-0.2, 0) is 11.3 Å². The molecule has 2 amide bonds. The molecule has 1 saturated heterocycles. The zero-order valence-corrected chi connectivity index (χ0v) is 15.3. The maximum absolute atomic E-state index is 13.0. The molecular weight excluding hydrogens is 316 g/mol. The van der Waals surface area contributed by atoms with Crippen molar-refractivity contribution in [2.24, 2.45) is 5.73 Å². The number of hydrogen-bond acceptors (Lipinski definition) is 4. The van der Waals surface area contributed by atoms with E-state index in [1.165, 1.54) is 0 Å². The second-order valence-electron chi connectivity index (χ2n) is 6.93. The number of hydrogen-bond donors (Lipinski definition) is 2. The number of benzene rings is 1. The summed E-state index contributed by atoms with van der Waals surface area (Å²) in [6.07, 6.45) is 3.34. The maximum atomic E-state index is 13.0. The van der Waals surface area contributed by atoms with Crippen molar-refractivity contribution in [3.05, 3.63) is 35.4 Å². The third kappa shape index (κ3) is 5.83. The molecule has 0 spiro atoms. The van der Waals surface area contributed by atoms with Gasteiger partial charge < -0.3 is 20.9 Å². The average molecular weight is 346 g/mol. The lowest BCUT2D eigenvalue weighted by molar-refractivity contribution is -0.121. The minimum atomic E-state index is -0.0477. The molecule has 1 heterocycles. The third-order valence-electron chi connectivity index (χ3n) is 4.47. The molecule has 6 nitrogen and oxygen atoms in total. The molecule has 0 bridgehead atoms. The monoisotopic (exact) mass is 346 g/mol. The van der Waals surface area contributed by atoms with E-state index in [4.69, 9.17) is 5.73 Å². The lowest BCUT2D eigenvalue weighted by atomic mass is 10.00. The van der Waals surface area contributed by atoms with E-state index in [2.05, 4.69) is 10.2 Å². The van der Waals surface area contributed by atoms with Gasteiger partial charge in [-0.3, -0.25) is 9.59 Å². The van der Waals surface area contributed by atoms with Gasteiger partial charge in [-0.05, 0) is 51.1 Å². The van der Waals surface area contributed by atoms with Crippen molar-refractivity contribution in [3.8, 4) is 0 Å². The van der Waals surface area contributed by atoms with Crippen molar-refractivity contribution in [3.63, 3.8) is 0 Å². The van der Waals surface area contributed by atoms with Crippen LogP contribution in [0.4, 0.5) is 0 Å². The summed E-state index contributed by atoms with van der Waals surface area (Å²) in [6, 6.07) is 7.88. The lowest BCUT2D eigenvalue weighted by Gasteiger charge is -2.36. The third-order valence-corrected chi connectivity index (χ3v) is 4.47. The van der Waals surface area contributed by atoms with Gasteiger partial charge in [0.1, 0.15) is 0 Å². The molecule has 6 heteroatoms. The first-order chi connectivity index (χ1) is 12.0. The summed E-state index contributed by atoms with van der Waals surface area (Å²) < 4.78 is 0. The van der Waals surface area contributed by atoms with Crippen molar-refractivity contribution >= 4 is 11.8 Å². The fourth-order valence-electron chi connectivity index (χ4n) is 3.26. The molecule has 3 N–H and O–H groups in total. The van der Waals surface area contributed by atoms with E-state index in [-0.39, 0.29) is 17.9 Å². The van der Waals surface area contributed by atoms with Gasteiger partial charge in [0.2, 0.25) is 5.91 Å². The normalized spacial score (nSPS) is 17.6. The summed E-state index contributed by atoms with van der Waals surface area (Å²) in [5, 5.41) is 2.91. The van der Waals surface area contributed by atoms with E-state index >= 15 is 0 Å². The van der Waals surface area contributed by atoms with Gasteiger partial charge in [-0.25, -0.2) is 0 Å². The number of nitrogens with one attached hydrogen (secondary N) is 1. The van der Waals surface area contributed by atoms with E-state index in [0.29, 0.717) is 19.5 Å². The van der Waals surface area contributed by atoms with E-state index in [9.17, 15) is 9.59 Å². The number of nitrogens with two attached hydrogens (primary N) is 1. The highest BCUT2D eigenvalue weighted by Crippen LogP contribution is 2.20. The number of nitrogens with zero attached hydrogens (tertiary/aromatic N) is 2. The van der Waals surface area contributed by atoms with Crippen LogP contribution in [0.2, 0.25) is 0 Å². The molecule has 1 fully saturated rings. The predicted octanol–water partition coefficient (Wildman–Crippen LogP) is 1.21. The minimum Gasteiger partial charge on any atom is -0.354 e.